The van der Waals surface area contributed by atoms with E-state index in [9.17, 15) is 4.79 Å². The topological polar surface area (TPSA) is 43.1 Å². The monoisotopic (exact) mass is 221 g/mol. The lowest BCUT2D eigenvalue weighted by atomic mass is 10.3. The fourth-order valence-corrected chi connectivity index (χ4v) is 2.05. The number of nitrogens with zero attached hydrogens (tertiary/aromatic N) is 1. The van der Waals surface area contributed by atoms with E-state index >= 15 is 0 Å². The van der Waals surface area contributed by atoms with E-state index in [-0.39, 0.29) is 5.78 Å². The predicted molar refractivity (Wildman–Crippen MR) is 59.2 cm³/mol. The van der Waals surface area contributed by atoms with Crippen LogP contribution in [-0.2, 0) is 6.42 Å². The quantitative estimate of drug-likeness (QED) is 0.748. The van der Waals surface area contributed by atoms with Gasteiger partial charge in [0.1, 0.15) is 11.5 Å². The lowest BCUT2D eigenvalue weighted by Gasteiger charge is -1.89. The fourth-order valence-electron chi connectivity index (χ4n) is 1.23. The number of furan rings is 1. The van der Waals surface area contributed by atoms with Crippen LogP contribution in [0.5, 0.6) is 0 Å². The molecule has 0 aliphatic carbocycles. The van der Waals surface area contributed by atoms with Crippen LogP contribution >= 0.6 is 11.3 Å². The first-order chi connectivity index (χ1) is 7.20. The zero-order chi connectivity index (χ0) is 10.8. The number of aryl methyl sites for hydroxylation is 1. The van der Waals surface area contributed by atoms with E-state index in [0.717, 1.165) is 22.9 Å². The second-order valence-corrected chi connectivity index (χ2v) is 4.07. The molecule has 0 saturated heterocycles. The minimum Gasteiger partial charge on any atom is -0.459 e. The molecule has 0 atom stereocenters. The molecule has 0 bridgehead atoms. The van der Waals surface area contributed by atoms with Crippen molar-refractivity contribution in [2.75, 3.05) is 0 Å². The predicted octanol–water partition coefficient (Wildman–Crippen LogP) is 3.17. The summed E-state index contributed by atoms with van der Waals surface area (Å²) < 4.78 is 5.55. The third-order valence-corrected chi connectivity index (χ3v) is 2.94. The average Bonchev–Trinajstić information content (AvgIpc) is 2.86. The molecule has 0 saturated carbocycles. The van der Waals surface area contributed by atoms with Crippen molar-refractivity contribution < 1.29 is 9.21 Å². The molecule has 0 unspecified atom stereocenters. The summed E-state index contributed by atoms with van der Waals surface area (Å²) in [7, 11) is 0. The first kappa shape index (κ1) is 10.1. The maximum Gasteiger partial charge on any atom is 0.178 e. The van der Waals surface area contributed by atoms with Gasteiger partial charge in [0.2, 0.25) is 0 Å². The van der Waals surface area contributed by atoms with Gasteiger partial charge in [0.25, 0.3) is 0 Å². The second-order valence-electron chi connectivity index (χ2n) is 3.21. The lowest BCUT2D eigenvalue weighted by molar-refractivity contribution is 0.101. The summed E-state index contributed by atoms with van der Waals surface area (Å²) in [6.45, 7) is 3.55. The summed E-state index contributed by atoms with van der Waals surface area (Å²) in [6, 6.07) is 3.83. The number of Topliss-reactive ketones (excluding diaryl/α,β-unsaturated/α-hetero) is 1. The van der Waals surface area contributed by atoms with E-state index in [1.807, 2.05) is 19.1 Å². The summed E-state index contributed by atoms with van der Waals surface area (Å²) in [5.74, 6) is 1.66. The maximum absolute atomic E-state index is 11.1. The van der Waals surface area contributed by atoms with Crippen LogP contribution in [0.3, 0.4) is 0 Å². The van der Waals surface area contributed by atoms with E-state index in [4.69, 9.17) is 4.42 Å². The third kappa shape index (κ3) is 1.99. The standard InChI is InChI=1S/C11H11NO2S/c1-3-8-4-5-10(14-8)11-12-9(6-15-11)7(2)13/h4-6H,3H2,1-2H3. The van der Waals surface area contributed by atoms with Gasteiger partial charge in [0.05, 0.1) is 0 Å². The van der Waals surface area contributed by atoms with Gasteiger partial charge in [-0.2, -0.15) is 0 Å². The molecule has 0 aliphatic rings. The Hall–Kier alpha value is -1.42. The molecule has 0 radical (unpaired) electrons. The van der Waals surface area contributed by atoms with Crippen molar-refractivity contribution in [3.8, 4) is 10.8 Å². The highest BCUT2D eigenvalue weighted by molar-refractivity contribution is 7.13. The van der Waals surface area contributed by atoms with Crippen molar-refractivity contribution >= 4 is 17.1 Å². The Morgan fingerprint density at radius 1 is 1.53 bits per heavy atom. The first-order valence-corrected chi connectivity index (χ1v) is 5.64. The Morgan fingerprint density at radius 2 is 2.33 bits per heavy atom. The van der Waals surface area contributed by atoms with E-state index in [1.54, 1.807) is 5.38 Å². The number of aromatic nitrogens is 1. The van der Waals surface area contributed by atoms with Crippen LogP contribution in [0.1, 0.15) is 30.1 Å². The number of carbonyl (C=O) groups excluding carboxylic acids is 1. The van der Waals surface area contributed by atoms with Crippen LogP contribution in [0.2, 0.25) is 0 Å². The van der Waals surface area contributed by atoms with Crippen LogP contribution in [0.25, 0.3) is 10.8 Å². The van der Waals surface area contributed by atoms with Crippen molar-refractivity contribution in [1.29, 1.82) is 0 Å². The fraction of sp³-hybridized carbons (Fsp3) is 0.273. The van der Waals surface area contributed by atoms with E-state index in [1.165, 1.54) is 18.3 Å². The molecular formula is C11H11NO2S. The summed E-state index contributed by atoms with van der Waals surface area (Å²) in [6.07, 6.45) is 0.866. The molecular weight excluding hydrogens is 210 g/mol. The van der Waals surface area contributed by atoms with Gasteiger partial charge < -0.3 is 4.42 Å². The number of carbonyl (C=O) groups is 1. The highest BCUT2D eigenvalue weighted by atomic mass is 32.1. The van der Waals surface area contributed by atoms with E-state index < -0.39 is 0 Å². The van der Waals surface area contributed by atoms with Gasteiger partial charge in [-0.25, -0.2) is 4.98 Å². The van der Waals surface area contributed by atoms with Crippen LogP contribution in [0.4, 0.5) is 0 Å². The SMILES string of the molecule is CCc1ccc(-c2nc(C(C)=O)cs2)o1. The molecule has 0 N–H and O–H groups in total. The van der Waals surface area contributed by atoms with Gasteiger partial charge in [-0.3, -0.25) is 4.79 Å². The average molecular weight is 221 g/mol. The molecule has 2 rings (SSSR count). The lowest BCUT2D eigenvalue weighted by Crippen LogP contribution is -1.90. The van der Waals surface area contributed by atoms with Crippen molar-refractivity contribution in [1.82, 2.24) is 4.98 Å². The summed E-state index contributed by atoms with van der Waals surface area (Å²) in [4.78, 5) is 15.3. The number of hydrogen-bond acceptors (Lipinski definition) is 4. The van der Waals surface area contributed by atoms with Gasteiger partial charge in [0.15, 0.2) is 16.6 Å². The molecule has 0 fully saturated rings. The number of ketones is 1. The zero-order valence-corrected chi connectivity index (χ0v) is 9.43. The molecule has 0 spiro atoms. The molecule has 2 heterocycles. The summed E-state index contributed by atoms with van der Waals surface area (Å²) in [5, 5.41) is 2.52. The second kappa shape index (κ2) is 3.98. The van der Waals surface area contributed by atoms with Crippen molar-refractivity contribution in [3.63, 3.8) is 0 Å². The van der Waals surface area contributed by atoms with Gasteiger partial charge in [0, 0.05) is 18.7 Å². The summed E-state index contributed by atoms with van der Waals surface area (Å²) in [5.41, 5.74) is 0.504. The largest absolute Gasteiger partial charge is 0.459 e. The Bertz CT molecular complexity index is 484. The van der Waals surface area contributed by atoms with Crippen LogP contribution in [-0.4, -0.2) is 10.8 Å². The molecule has 0 amide bonds. The summed E-state index contributed by atoms with van der Waals surface area (Å²) >= 11 is 1.43. The van der Waals surface area contributed by atoms with Crippen molar-refractivity contribution in [3.05, 3.63) is 29.0 Å². The van der Waals surface area contributed by atoms with Gasteiger partial charge in [-0.1, -0.05) is 6.92 Å². The molecule has 4 heteroatoms. The van der Waals surface area contributed by atoms with E-state index in [0.29, 0.717) is 5.69 Å². The van der Waals surface area contributed by atoms with Crippen molar-refractivity contribution in [2.24, 2.45) is 0 Å². The van der Waals surface area contributed by atoms with Gasteiger partial charge in [-0.15, -0.1) is 11.3 Å². The van der Waals surface area contributed by atoms with Gasteiger partial charge in [-0.05, 0) is 12.1 Å². The molecule has 15 heavy (non-hydrogen) atoms. The molecule has 0 aliphatic heterocycles. The first-order valence-electron chi connectivity index (χ1n) is 4.76. The minimum absolute atomic E-state index is 0.0141. The van der Waals surface area contributed by atoms with Gasteiger partial charge >= 0.3 is 0 Å². The number of rotatable bonds is 3. The minimum atomic E-state index is -0.0141. The highest BCUT2D eigenvalue weighted by Gasteiger charge is 2.10. The molecule has 2 aromatic heterocycles. The Balaban J connectivity index is 2.32. The van der Waals surface area contributed by atoms with E-state index in [2.05, 4.69) is 4.98 Å². The smallest absolute Gasteiger partial charge is 0.178 e. The Labute approximate surface area is 91.8 Å². The highest BCUT2D eigenvalue weighted by Crippen LogP contribution is 2.25. The normalized spacial score (nSPS) is 10.5. The third-order valence-electron chi connectivity index (χ3n) is 2.09. The number of thiazole rings is 1. The molecule has 3 nitrogen and oxygen atoms in total. The molecule has 2 aromatic rings. The van der Waals surface area contributed by atoms with Crippen LogP contribution < -0.4 is 0 Å². The van der Waals surface area contributed by atoms with Crippen molar-refractivity contribution in [2.45, 2.75) is 20.3 Å². The van der Waals surface area contributed by atoms with Crippen LogP contribution in [0, 0.1) is 0 Å². The zero-order valence-electron chi connectivity index (χ0n) is 8.61. The molecule has 78 valence electrons. The Kier molecular flexibility index (Phi) is 2.68. The Morgan fingerprint density at radius 3 is 2.87 bits per heavy atom. The van der Waals surface area contributed by atoms with Crippen LogP contribution in [0.15, 0.2) is 21.9 Å². The maximum atomic E-state index is 11.1. The number of hydrogen-bond donors (Lipinski definition) is 0. The molecule has 0 aromatic carbocycles.